The van der Waals surface area contributed by atoms with Crippen molar-refractivity contribution in [3.8, 4) is 11.6 Å². The molecule has 0 atom stereocenters. The van der Waals surface area contributed by atoms with E-state index in [9.17, 15) is 0 Å². The number of hydrogen-bond acceptors (Lipinski definition) is 4. The molecule has 0 bridgehead atoms. The lowest BCUT2D eigenvalue weighted by Crippen LogP contribution is -1.95. The van der Waals surface area contributed by atoms with Gasteiger partial charge in [0.1, 0.15) is 5.82 Å². The quantitative estimate of drug-likeness (QED) is 0.860. The Kier molecular flexibility index (Phi) is 3.59. The molecule has 2 heterocycles. The first-order valence-electron chi connectivity index (χ1n) is 5.67. The Morgan fingerprint density at radius 1 is 1.41 bits per heavy atom. The molecule has 5 heteroatoms. The van der Waals surface area contributed by atoms with E-state index in [1.807, 2.05) is 36.1 Å². The van der Waals surface area contributed by atoms with Gasteiger partial charge >= 0.3 is 0 Å². The number of nitrogens with one attached hydrogen (secondary N) is 1. The molecule has 0 aliphatic carbocycles. The van der Waals surface area contributed by atoms with Crippen molar-refractivity contribution < 1.29 is 4.74 Å². The first-order chi connectivity index (χ1) is 8.31. The van der Waals surface area contributed by atoms with Gasteiger partial charge in [0.2, 0.25) is 5.88 Å². The second-order valence-corrected chi connectivity index (χ2v) is 3.65. The van der Waals surface area contributed by atoms with E-state index >= 15 is 0 Å². The van der Waals surface area contributed by atoms with Gasteiger partial charge in [-0.15, -0.1) is 0 Å². The van der Waals surface area contributed by atoms with Crippen LogP contribution in [0.3, 0.4) is 0 Å². The Hall–Kier alpha value is -2.04. The normalized spacial score (nSPS) is 10.2. The molecule has 17 heavy (non-hydrogen) atoms. The van der Waals surface area contributed by atoms with Crippen molar-refractivity contribution in [2.45, 2.75) is 19.9 Å². The van der Waals surface area contributed by atoms with Gasteiger partial charge in [-0.25, -0.2) is 0 Å². The highest BCUT2D eigenvalue weighted by molar-refractivity contribution is 5.37. The maximum atomic E-state index is 5.61. The summed E-state index contributed by atoms with van der Waals surface area (Å²) in [4.78, 5) is 4.27. The molecule has 0 radical (unpaired) electrons. The number of anilines is 1. The number of aromatic nitrogens is 3. The van der Waals surface area contributed by atoms with Crippen LogP contribution in [-0.2, 0) is 6.54 Å². The van der Waals surface area contributed by atoms with Crippen molar-refractivity contribution in [3.05, 3.63) is 30.6 Å². The van der Waals surface area contributed by atoms with Gasteiger partial charge in [-0.1, -0.05) is 13.0 Å². The maximum absolute atomic E-state index is 5.61. The molecule has 5 nitrogen and oxygen atoms in total. The second-order valence-electron chi connectivity index (χ2n) is 3.65. The van der Waals surface area contributed by atoms with Crippen LogP contribution in [-0.4, -0.2) is 21.8 Å². The number of hydrogen-bond donors (Lipinski definition) is 1. The first-order valence-corrected chi connectivity index (χ1v) is 5.67. The third kappa shape index (κ3) is 2.96. The Bertz CT molecular complexity index is 481. The Morgan fingerprint density at radius 2 is 2.29 bits per heavy atom. The summed E-state index contributed by atoms with van der Waals surface area (Å²) >= 11 is 0. The summed E-state index contributed by atoms with van der Waals surface area (Å²) in [6.07, 6.45) is 4.62. The largest absolute Gasteiger partial charge is 0.436 e. The van der Waals surface area contributed by atoms with Crippen molar-refractivity contribution in [1.82, 2.24) is 14.8 Å². The van der Waals surface area contributed by atoms with Crippen LogP contribution in [0.2, 0.25) is 0 Å². The number of ether oxygens (including phenoxy) is 1. The van der Waals surface area contributed by atoms with Crippen LogP contribution in [0.1, 0.15) is 13.3 Å². The fourth-order valence-corrected chi connectivity index (χ4v) is 1.48. The first kappa shape index (κ1) is 11.4. The Morgan fingerprint density at radius 3 is 3.06 bits per heavy atom. The minimum absolute atomic E-state index is 0.563. The molecule has 0 amide bonds. The predicted molar refractivity (Wildman–Crippen MR) is 66.4 cm³/mol. The van der Waals surface area contributed by atoms with Crippen LogP contribution in [0.4, 0.5) is 5.82 Å². The van der Waals surface area contributed by atoms with Crippen LogP contribution < -0.4 is 10.1 Å². The molecule has 0 saturated heterocycles. The molecule has 1 N–H and O–H groups in total. The molecule has 90 valence electrons. The molecule has 2 aromatic heterocycles. The number of pyridine rings is 1. The molecule has 0 aliphatic heterocycles. The van der Waals surface area contributed by atoms with Gasteiger partial charge in [0.25, 0.3) is 0 Å². The minimum atomic E-state index is 0.563. The smallest absolute Gasteiger partial charge is 0.221 e. The molecule has 0 fully saturated rings. The maximum Gasteiger partial charge on any atom is 0.221 e. The lowest BCUT2D eigenvalue weighted by molar-refractivity contribution is 0.462. The summed E-state index contributed by atoms with van der Waals surface area (Å²) in [5.74, 6) is 2.05. The van der Waals surface area contributed by atoms with E-state index in [0.717, 1.165) is 18.8 Å². The molecular formula is C12H16N4O. The van der Waals surface area contributed by atoms with E-state index in [-0.39, 0.29) is 0 Å². The van der Waals surface area contributed by atoms with Gasteiger partial charge in [0.05, 0.1) is 12.4 Å². The van der Waals surface area contributed by atoms with Crippen LogP contribution >= 0.6 is 0 Å². The Labute approximate surface area is 100 Å². The summed E-state index contributed by atoms with van der Waals surface area (Å²) in [5, 5.41) is 7.16. The number of nitrogens with zero attached hydrogens (tertiary/aromatic N) is 3. The summed E-state index contributed by atoms with van der Waals surface area (Å²) in [6.45, 7) is 3.01. The van der Waals surface area contributed by atoms with E-state index in [4.69, 9.17) is 4.74 Å². The van der Waals surface area contributed by atoms with Crippen LogP contribution in [0, 0.1) is 0 Å². The summed E-state index contributed by atoms with van der Waals surface area (Å²) in [6, 6.07) is 5.59. The van der Waals surface area contributed by atoms with Crippen LogP contribution in [0.5, 0.6) is 11.6 Å². The van der Waals surface area contributed by atoms with Crippen LogP contribution in [0.15, 0.2) is 30.6 Å². The summed E-state index contributed by atoms with van der Waals surface area (Å²) in [5.41, 5.74) is 0. The second kappa shape index (κ2) is 5.34. The zero-order valence-electron chi connectivity index (χ0n) is 10.1. The van der Waals surface area contributed by atoms with Gasteiger partial charge in [-0.2, -0.15) is 10.1 Å². The fourth-order valence-electron chi connectivity index (χ4n) is 1.48. The molecule has 0 unspecified atom stereocenters. The van der Waals surface area contributed by atoms with Gasteiger partial charge in [0.15, 0.2) is 5.75 Å². The molecule has 0 aromatic carbocycles. The third-order valence-electron chi connectivity index (χ3n) is 2.26. The zero-order valence-corrected chi connectivity index (χ0v) is 10.1. The minimum Gasteiger partial charge on any atom is -0.436 e. The van der Waals surface area contributed by atoms with Gasteiger partial charge in [-0.05, 0) is 12.5 Å². The molecular weight excluding hydrogens is 216 g/mol. The van der Waals surface area contributed by atoms with E-state index in [2.05, 4.69) is 22.3 Å². The summed E-state index contributed by atoms with van der Waals surface area (Å²) < 4.78 is 7.47. The topological polar surface area (TPSA) is 52.0 Å². The van der Waals surface area contributed by atoms with Crippen molar-refractivity contribution in [3.63, 3.8) is 0 Å². The van der Waals surface area contributed by atoms with E-state index in [1.165, 1.54) is 0 Å². The fraction of sp³-hybridized carbons (Fsp3) is 0.333. The lowest BCUT2D eigenvalue weighted by Gasteiger charge is -2.03. The molecule has 2 rings (SSSR count). The highest BCUT2D eigenvalue weighted by Gasteiger charge is 2.02. The van der Waals surface area contributed by atoms with Crippen molar-refractivity contribution in [2.24, 2.45) is 0 Å². The van der Waals surface area contributed by atoms with E-state index in [0.29, 0.717) is 11.6 Å². The predicted octanol–water partition coefficient (Wildman–Crippen LogP) is 2.52. The lowest BCUT2D eigenvalue weighted by atomic mass is 10.4. The third-order valence-corrected chi connectivity index (χ3v) is 2.26. The van der Waals surface area contributed by atoms with Crippen molar-refractivity contribution >= 4 is 5.82 Å². The molecule has 0 spiro atoms. The zero-order chi connectivity index (χ0) is 12.1. The van der Waals surface area contributed by atoms with Gasteiger partial charge in [0, 0.05) is 19.7 Å². The van der Waals surface area contributed by atoms with E-state index in [1.54, 1.807) is 6.20 Å². The van der Waals surface area contributed by atoms with Crippen LogP contribution in [0.25, 0.3) is 0 Å². The SMILES string of the molecule is CCCn1cc(Oc2cccc(NC)n2)cn1. The monoisotopic (exact) mass is 232 g/mol. The number of rotatable bonds is 5. The molecule has 2 aromatic rings. The average Bonchev–Trinajstić information content (AvgIpc) is 2.77. The van der Waals surface area contributed by atoms with E-state index < -0.39 is 0 Å². The highest BCUT2D eigenvalue weighted by atomic mass is 16.5. The molecule has 0 aliphatic rings. The highest BCUT2D eigenvalue weighted by Crippen LogP contribution is 2.19. The molecule has 0 saturated carbocycles. The van der Waals surface area contributed by atoms with Gasteiger partial charge in [-0.3, -0.25) is 4.68 Å². The van der Waals surface area contributed by atoms with Crippen molar-refractivity contribution in [2.75, 3.05) is 12.4 Å². The number of aryl methyl sites for hydroxylation is 1. The Balaban J connectivity index is 2.08. The average molecular weight is 232 g/mol. The van der Waals surface area contributed by atoms with Gasteiger partial charge < -0.3 is 10.1 Å². The summed E-state index contributed by atoms with van der Waals surface area (Å²) in [7, 11) is 1.82. The van der Waals surface area contributed by atoms with Crippen molar-refractivity contribution in [1.29, 1.82) is 0 Å². The standard InChI is InChI=1S/C12H16N4O/c1-3-7-16-9-10(8-14-16)17-12-6-4-5-11(13-2)15-12/h4-6,8-9H,3,7H2,1-2H3,(H,13,15).